The van der Waals surface area contributed by atoms with E-state index in [9.17, 15) is 33.4 Å². The lowest BCUT2D eigenvalue weighted by Crippen LogP contribution is -2.57. The van der Waals surface area contributed by atoms with Crippen molar-refractivity contribution in [1.82, 2.24) is 10.6 Å². The van der Waals surface area contributed by atoms with Gasteiger partial charge in [0.15, 0.2) is 5.60 Å². The molecule has 0 heterocycles. The zero-order valence-corrected chi connectivity index (χ0v) is 28.8. The van der Waals surface area contributed by atoms with Gasteiger partial charge in [-0.2, -0.15) is 0 Å². The van der Waals surface area contributed by atoms with E-state index in [2.05, 4.69) is 24.5 Å². The number of hydrogen-bond donors (Lipinski definition) is 4. The predicted molar refractivity (Wildman–Crippen MR) is 180 cm³/mol. The summed E-state index contributed by atoms with van der Waals surface area (Å²) in [6.45, 7) is 4.09. The van der Waals surface area contributed by atoms with E-state index in [-0.39, 0.29) is 19.3 Å². The number of halogens is 2. The first-order chi connectivity index (χ1) is 22.4. The standard InChI is InChI=1S/C36H58F2N2O7/c1-5-7-9-13-16-23-35(37,38)24-17-14-11-10-12-15-18-30(36(45,27-46-4)34(43)44)32(41)40-31(33(42)39-3)26-28-19-21-29(22-20-28)47-25-8-6-2/h15,18-22,30-31,45H,5-14,16-17,23-27H2,1-4H3,(H,39,42)(H,40,41)(H,43,44)/b18-15+/t30-,31+,36+/m1/s1. The summed E-state index contributed by atoms with van der Waals surface area (Å²) in [5.74, 6) is -6.52. The fourth-order valence-corrected chi connectivity index (χ4v) is 5.25. The fraction of sp³-hybridized carbons (Fsp3) is 0.694. The van der Waals surface area contributed by atoms with Gasteiger partial charge in [-0.25, -0.2) is 13.6 Å². The first kappa shape index (κ1) is 42.0. The number of amides is 2. The van der Waals surface area contributed by atoms with E-state index < -0.39 is 47.9 Å². The van der Waals surface area contributed by atoms with Gasteiger partial charge >= 0.3 is 5.97 Å². The van der Waals surface area contributed by atoms with Crippen LogP contribution in [-0.4, -0.2) is 72.9 Å². The van der Waals surface area contributed by atoms with Crippen LogP contribution in [-0.2, 0) is 25.5 Å². The fourth-order valence-electron chi connectivity index (χ4n) is 5.25. The van der Waals surface area contributed by atoms with Gasteiger partial charge in [0.05, 0.1) is 19.1 Å². The summed E-state index contributed by atoms with van der Waals surface area (Å²) in [4.78, 5) is 38.4. The van der Waals surface area contributed by atoms with Gasteiger partial charge in [0.1, 0.15) is 11.8 Å². The van der Waals surface area contributed by atoms with Gasteiger partial charge in [-0.15, -0.1) is 0 Å². The Kier molecular flexibility index (Phi) is 20.8. The maximum atomic E-state index is 14.2. The van der Waals surface area contributed by atoms with Crippen molar-refractivity contribution in [2.75, 3.05) is 27.4 Å². The number of alkyl halides is 2. The maximum Gasteiger partial charge on any atom is 0.339 e. The van der Waals surface area contributed by atoms with E-state index in [0.717, 1.165) is 44.1 Å². The third kappa shape index (κ3) is 16.6. The number of benzene rings is 1. The van der Waals surface area contributed by atoms with Crippen LogP contribution in [0.4, 0.5) is 8.78 Å². The number of carboxylic acid groups (broad SMARTS) is 1. The molecular formula is C36H58F2N2O7. The molecule has 1 aromatic carbocycles. The molecule has 268 valence electrons. The van der Waals surface area contributed by atoms with Crippen molar-refractivity contribution in [3.8, 4) is 5.75 Å². The molecule has 0 radical (unpaired) electrons. The van der Waals surface area contributed by atoms with Crippen molar-refractivity contribution in [2.45, 2.75) is 128 Å². The Balaban J connectivity index is 2.83. The number of carbonyl (C=O) groups excluding carboxylic acids is 2. The van der Waals surface area contributed by atoms with Gasteiger partial charge in [-0.3, -0.25) is 9.59 Å². The molecular weight excluding hydrogens is 610 g/mol. The van der Waals surface area contributed by atoms with E-state index in [1.54, 1.807) is 30.3 Å². The van der Waals surface area contributed by atoms with E-state index in [1.807, 2.05) is 0 Å². The topological polar surface area (TPSA) is 134 Å². The van der Waals surface area contributed by atoms with Gasteiger partial charge < -0.3 is 30.3 Å². The number of methoxy groups -OCH3 is 1. The normalized spacial score (nSPS) is 14.4. The van der Waals surface area contributed by atoms with Crippen LogP contribution in [0.15, 0.2) is 36.4 Å². The van der Waals surface area contributed by atoms with Crippen LogP contribution in [0, 0.1) is 5.92 Å². The molecule has 0 aliphatic rings. The highest BCUT2D eigenvalue weighted by Crippen LogP contribution is 2.29. The van der Waals surface area contributed by atoms with E-state index >= 15 is 0 Å². The number of unbranched alkanes of at least 4 members (excludes halogenated alkanes) is 9. The highest BCUT2D eigenvalue weighted by atomic mass is 19.3. The maximum absolute atomic E-state index is 14.2. The predicted octanol–water partition coefficient (Wildman–Crippen LogP) is 6.61. The van der Waals surface area contributed by atoms with Crippen molar-refractivity contribution in [1.29, 1.82) is 0 Å². The van der Waals surface area contributed by atoms with Crippen molar-refractivity contribution in [2.24, 2.45) is 5.92 Å². The summed E-state index contributed by atoms with van der Waals surface area (Å²) < 4.78 is 39.0. The second-order valence-corrected chi connectivity index (χ2v) is 12.3. The summed E-state index contributed by atoms with van der Waals surface area (Å²) >= 11 is 0. The Morgan fingerprint density at radius 1 is 0.894 bits per heavy atom. The number of hydrogen-bond acceptors (Lipinski definition) is 6. The van der Waals surface area contributed by atoms with E-state index in [4.69, 9.17) is 9.47 Å². The number of aliphatic carboxylic acids is 1. The Labute approximate surface area is 279 Å². The molecule has 0 saturated carbocycles. The minimum atomic E-state index is -2.64. The number of rotatable bonds is 27. The number of carboxylic acids is 1. The zero-order valence-electron chi connectivity index (χ0n) is 28.8. The number of ether oxygens (including phenoxy) is 2. The van der Waals surface area contributed by atoms with Crippen LogP contribution in [0.5, 0.6) is 5.75 Å². The van der Waals surface area contributed by atoms with Crippen LogP contribution in [0.25, 0.3) is 0 Å². The van der Waals surface area contributed by atoms with Crippen LogP contribution >= 0.6 is 0 Å². The summed E-state index contributed by atoms with van der Waals surface area (Å²) in [5, 5.41) is 26.1. The Hall–Kier alpha value is -3.05. The molecule has 0 spiro atoms. The molecule has 3 atom stereocenters. The van der Waals surface area contributed by atoms with Crippen LogP contribution in [0.2, 0.25) is 0 Å². The molecule has 1 aromatic rings. The Morgan fingerprint density at radius 3 is 2.04 bits per heavy atom. The second-order valence-electron chi connectivity index (χ2n) is 12.3. The Morgan fingerprint density at radius 2 is 1.49 bits per heavy atom. The first-order valence-electron chi connectivity index (χ1n) is 17.2. The number of likely N-dealkylation sites (N-methyl/N-ethyl adjacent to an activating group) is 1. The summed E-state index contributed by atoms with van der Waals surface area (Å²) in [7, 11) is 2.64. The molecule has 0 bridgehead atoms. The summed E-state index contributed by atoms with van der Waals surface area (Å²) in [5.41, 5.74) is -1.86. The van der Waals surface area contributed by atoms with Crippen LogP contribution in [0.3, 0.4) is 0 Å². The molecule has 0 aliphatic heterocycles. The number of aliphatic hydroxyl groups is 1. The quantitative estimate of drug-likeness (QED) is 0.0612. The lowest BCUT2D eigenvalue weighted by Gasteiger charge is -2.30. The summed E-state index contributed by atoms with van der Waals surface area (Å²) in [6.07, 6.45) is 12.1. The molecule has 1 rings (SSSR count). The molecule has 4 N–H and O–H groups in total. The van der Waals surface area contributed by atoms with Crippen molar-refractivity contribution < 1.29 is 42.9 Å². The molecule has 0 fully saturated rings. The third-order valence-electron chi connectivity index (χ3n) is 8.18. The van der Waals surface area contributed by atoms with E-state index in [1.165, 1.54) is 20.2 Å². The average Bonchev–Trinajstić information content (AvgIpc) is 3.04. The molecule has 0 saturated heterocycles. The van der Waals surface area contributed by atoms with Crippen LogP contribution < -0.4 is 15.4 Å². The molecule has 2 amide bonds. The second kappa shape index (κ2) is 23.3. The summed E-state index contributed by atoms with van der Waals surface area (Å²) in [6, 6.07) is 6.08. The minimum absolute atomic E-state index is 0.0714. The molecule has 0 aromatic heterocycles. The van der Waals surface area contributed by atoms with E-state index in [0.29, 0.717) is 50.9 Å². The third-order valence-corrected chi connectivity index (χ3v) is 8.18. The van der Waals surface area contributed by atoms with Gasteiger partial charge in [-0.1, -0.05) is 83.1 Å². The largest absolute Gasteiger partial charge is 0.494 e. The van der Waals surface area contributed by atoms with Crippen molar-refractivity contribution in [3.05, 3.63) is 42.0 Å². The first-order valence-corrected chi connectivity index (χ1v) is 17.2. The minimum Gasteiger partial charge on any atom is -0.494 e. The van der Waals surface area contributed by atoms with Gasteiger partial charge in [0.2, 0.25) is 17.7 Å². The average molecular weight is 669 g/mol. The number of carbonyl (C=O) groups is 3. The SMILES string of the molecule is CCCCCCCC(F)(F)CCCCCC/C=C/[C@H](C(=O)N[C@@H](Cc1ccc(OCCCC)cc1)C(=O)NC)[C@@](O)(COC)C(=O)O. The zero-order chi connectivity index (χ0) is 35.1. The molecule has 9 nitrogen and oxygen atoms in total. The van der Waals surface area contributed by atoms with Gasteiger partial charge in [0, 0.05) is 33.4 Å². The molecule has 0 unspecified atom stereocenters. The molecule has 47 heavy (non-hydrogen) atoms. The lowest BCUT2D eigenvalue weighted by atomic mass is 9.86. The van der Waals surface area contributed by atoms with Gasteiger partial charge in [-0.05, 0) is 49.8 Å². The molecule has 0 aliphatic carbocycles. The van der Waals surface area contributed by atoms with Crippen molar-refractivity contribution in [3.63, 3.8) is 0 Å². The smallest absolute Gasteiger partial charge is 0.339 e. The Bertz CT molecular complexity index is 1070. The monoisotopic (exact) mass is 668 g/mol. The van der Waals surface area contributed by atoms with Crippen molar-refractivity contribution >= 4 is 17.8 Å². The number of nitrogens with one attached hydrogen (secondary N) is 2. The lowest BCUT2D eigenvalue weighted by molar-refractivity contribution is -0.173. The molecule has 11 heteroatoms. The number of allylic oxidation sites excluding steroid dienone is 1. The highest BCUT2D eigenvalue weighted by molar-refractivity contribution is 5.93. The highest BCUT2D eigenvalue weighted by Gasteiger charge is 2.47. The van der Waals surface area contributed by atoms with Crippen LogP contribution in [0.1, 0.15) is 109 Å². The van der Waals surface area contributed by atoms with Gasteiger partial charge in [0.25, 0.3) is 0 Å².